The van der Waals surface area contributed by atoms with Crippen LogP contribution < -0.4 is 0 Å². The van der Waals surface area contributed by atoms with Gasteiger partial charge in [-0.15, -0.1) is 0 Å². The van der Waals surface area contributed by atoms with Crippen LogP contribution in [0.25, 0.3) is 6.08 Å². The summed E-state index contributed by atoms with van der Waals surface area (Å²) in [6.07, 6.45) is 24.8. The van der Waals surface area contributed by atoms with Gasteiger partial charge in [0.1, 0.15) is 36.4 Å². The Bertz CT molecular complexity index is 1750. The Kier molecular flexibility index (Phi) is 23.0. The fourth-order valence-electron chi connectivity index (χ4n) is 7.36. The monoisotopic (exact) mass is 865 g/mol. The van der Waals surface area contributed by atoms with Crippen LogP contribution in [-0.2, 0) is 33.2 Å². The first-order chi connectivity index (χ1) is 29.6. The van der Waals surface area contributed by atoms with Crippen molar-refractivity contribution in [3.8, 4) is 0 Å². The molecule has 1 aromatic rings. The Hall–Kier alpha value is -4.02. The molecule has 344 valence electrons. The lowest BCUT2D eigenvalue weighted by atomic mass is 9.86. The quantitative estimate of drug-likeness (QED) is 0.189. The lowest BCUT2D eigenvalue weighted by Gasteiger charge is -2.43. The number of aromatic nitrogens is 1. The maximum atomic E-state index is 13.0. The molecule has 0 saturated carbocycles. The molecule has 15 atom stereocenters. The van der Waals surface area contributed by atoms with E-state index in [4.69, 9.17) is 32.8 Å². The van der Waals surface area contributed by atoms with Gasteiger partial charge < -0.3 is 53.3 Å². The summed E-state index contributed by atoms with van der Waals surface area (Å²) in [5, 5.41) is 42.3. The van der Waals surface area contributed by atoms with Gasteiger partial charge in [-0.1, -0.05) is 124 Å². The first-order valence-electron chi connectivity index (χ1n) is 21.4. The molecule has 13 nitrogen and oxygen atoms in total. The first-order valence-corrected chi connectivity index (χ1v) is 21.4. The molecule has 2 aliphatic rings. The Morgan fingerprint density at radius 2 is 1.42 bits per heavy atom. The lowest BCUT2D eigenvalue weighted by molar-refractivity contribution is -0.310. The average molecular weight is 866 g/mol. The number of cyclic esters (lactones) is 1. The van der Waals surface area contributed by atoms with E-state index in [2.05, 4.69) is 11.1 Å². The van der Waals surface area contributed by atoms with Crippen molar-refractivity contribution in [1.29, 1.82) is 0 Å². The molecule has 0 spiro atoms. The molecule has 1 aromatic heterocycles. The van der Waals surface area contributed by atoms with Crippen molar-refractivity contribution in [1.82, 2.24) is 4.98 Å². The Labute approximate surface area is 368 Å². The zero-order valence-corrected chi connectivity index (χ0v) is 38.0. The van der Waals surface area contributed by atoms with Gasteiger partial charge in [0.25, 0.3) is 0 Å². The van der Waals surface area contributed by atoms with Gasteiger partial charge >= 0.3 is 5.97 Å². The zero-order valence-electron chi connectivity index (χ0n) is 38.0. The molecule has 3 heterocycles. The van der Waals surface area contributed by atoms with Crippen LogP contribution in [0.2, 0.25) is 0 Å². The van der Waals surface area contributed by atoms with Gasteiger partial charge in [0, 0.05) is 51.6 Å². The summed E-state index contributed by atoms with van der Waals surface area (Å²) in [6.45, 7) is 13.0. The number of carbonyl (C=O) groups is 1. The van der Waals surface area contributed by atoms with E-state index in [0.717, 1.165) is 5.57 Å². The number of hydrogen-bond acceptors (Lipinski definition) is 13. The number of hydrogen-bond donors (Lipinski definition) is 4. The number of methoxy groups -OCH3 is 3. The van der Waals surface area contributed by atoms with Crippen molar-refractivity contribution in [2.45, 2.75) is 135 Å². The molecular weight excluding hydrogens is 795 g/mol. The fourth-order valence-corrected chi connectivity index (χ4v) is 7.36. The SMILES string of the molecule is CO[C@H]1[C@@H](O[C@@H]2/C=C\C=C\c3coc(n3)[C@H](C)[C@@H](OC)C[C@H](O)/C=C/C=C/C=C\[C@H](C)[C@H]([C@H](C)[C@H](O)C[C@H](C)O)OC(=O)\C=C/C=C/C=C\C(C)=C\[C@H]2C)O[C@H](C)[C@@H](O)[C@@H]1OC. The summed E-state index contributed by atoms with van der Waals surface area (Å²) in [5.41, 5.74) is 1.56. The highest BCUT2D eigenvalue weighted by atomic mass is 16.7. The normalized spacial score (nSPS) is 37.7. The zero-order chi connectivity index (χ0) is 45.8. The second kappa shape index (κ2) is 27.2. The van der Waals surface area contributed by atoms with Gasteiger partial charge in [-0.3, -0.25) is 0 Å². The molecule has 4 N–H and O–H groups in total. The fraction of sp³-hybridized carbons (Fsp3) is 0.551. The average Bonchev–Trinajstić information content (AvgIpc) is 3.71. The van der Waals surface area contributed by atoms with E-state index in [-0.39, 0.29) is 30.3 Å². The Morgan fingerprint density at radius 3 is 2.08 bits per heavy atom. The first kappa shape index (κ1) is 52.3. The van der Waals surface area contributed by atoms with Crippen molar-refractivity contribution in [2.75, 3.05) is 21.3 Å². The smallest absolute Gasteiger partial charge is 0.331 e. The summed E-state index contributed by atoms with van der Waals surface area (Å²) in [7, 11) is 4.63. The number of aliphatic hydroxyl groups excluding tert-OH is 4. The minimum Gasteiger partial charge on any atom is -0.458 e. The van der Waals surface area contributed by atoms with Crippen molar-refractivity contribution >= 4 is 12.0 Å². The third-order valence-corrected chi connectivity index (χ3v) is 11.1. The maximum absolute atomic E-state index is 13.0. The number of esters is 1. The second-order valence-corrected chi connectivity index (χ2v) is 16.2. The summed E-state index contributed by atoms with van der Waals surface area (Å²) in [4.78, 5) is 17.7. The van der Waals surface area contributed by atoms with Crippen molar-refractivity contribution in [3.05, 3.63) is 121 Å². The van der Waals surface area contributed by atoms with E-state index in [0.29, 0.717) is 18.0 Å². The Balaban J connectivity index is 1.96. The molecule has 3 rings (SSSR count). The molecule has 13 heteroatoms. The summed E-state index contributed by atoms with van der Waals surface area (Å²) < 4.78 is 41.4. The van der Waals surface area contributed by atoms with Crippen LogP contribution in [-0.4, -0.2) is 120 Å². The predicted octanol–water partition coefficient (Wildman–Crippen LogP) is 6.88. The van der Waals surface area contributed by atoms with E-state index >= 15 is 0 Å². The maximum Gasteiger partial charge on any atom is 0.331 e. The molecule has 2 aliphatic heterocycles. The van der Waals surface area contributed by atoms with Gasteiger partial charge in [0.15, 0.2) is 12.2 Å². The summed E-state index contributed by atoms with van der Waals surface area (Å²) in [5.74, 6) is -1.26. The summed E-state index contributed by atoms with van der Waals surface area (Å²) in [6, 6.07) is 0. The van der Waals surface area contributed by atoms with Crippen LogP contribution in [0.4, 0.5) is 0 Å². The number of aliphatic hydroxyl groups is 4. The van der Waals surface area contributed by atoms with Crippen LogP contribution in [0.1, 0.15) is 78.8 Å². The van der Waals surface area contributed by atoms with E-state index in [9.17, 15) is 25.2 Å². The molecule has 0 radical (unpaired) electrons. The molecule has 0 aliphatic carbocycles. The van der Waals surface area contributed by atoms with Gasteiger partial charge in [-0.25, -0.2) is 9.78 Å². The van der Waals surface area contributed by atoms with E-state index in [1.54, 1.807) is 76.7 Å². The minimum atomic E-state index is -0.903. The van der Waals surface area contributed by atoms with E-state index < -0.39 is 73.1 Å². The number of nitrogens with zero attached hydrogens (tertiary/aromatic N) is 1. The van der Waals surface area contributed by atoms with Crippen LogP contribution in [0.5, 0.6) is 0 Å². The van der Waals surface area contributed by atoms with E-state index in [1.165, 1.54) is 20.3 Å². The van der Waals surface area contributed by atoms with Gasteiger partial charge in [0.05, 0.1) is 42.5 Å². The molecule has 1 saturated heterocycles. The van der Waals surface area contributed by atoms with Crippen molar-refractivity contribution in [2.24, 2.45) is 17.8 Å². The van der Waals surface area contributed by atoms with Crippen LogP contribution >= 0.6 is 0 Å². The number of rotatable bonds is 9. The molecule has 0 aromatic carbocycles. The molecule has 2 bridgehead atoms. The topological polar surface area (TPSA) is 179 Å². The minimum absolute atomic E-state index is 0.141. The van der Waals surface area contributed by atoms with Gasteiger partial charge in [-0.2, -0.15) is 0 Å². The van der Waals surface area contributed by atoms with Gasteiger partial charge in [0.2, 0.25) is 0 Å². The predicted molar refractivity (Wildman–Crippen MR) is 240 cm³/mol. The van der Waals surface area contributed by atoms with Crippen molar-refractivity contribution < 1.29 is 58.1 Å². The van der Waals surface area contributed by atoms with Crippen LogP contribution in [0.15, 0.2) is 113 Å². The van der Waals surface area contributed by atoms with E-state index in [1.807, 2.05) is 76.3 Å². The third kappa shape index (κ3) is 16.9. The lowest BCUT2D eigenvalue weighted by Crippen LogP contribution is -2.59. The molecule has 0 unspecified atom stereocenters. The third-order valence-electron chi connectivity index (χ3n) is 11.1. The van der Waals surface area contributed by atoms with Crippen LogP contribution in [0.3, 0.4) is 0 Å². The highest BCUT2D eigenvalue weighted by Gasteiger charge is 2.46. The summed E-state index contributed by atoms with van der Waals surface area (Å²) >= 11 is 0. The highest BCUT2D eigenvalue weighted by molar-refractivity contribution is 5.82. The number of allylic oxidation sites excluding steroid dienone is 12. The molecular formula is C49H71NO12. The standard InChI is InChI=1S/C49H71NO12/c1-31-21-15-11-14-18-26-43(54)62-45(35(5)40(53)28-34(4)51)32(2)22-16-12-13-17-24-39(52)29-42(56-8)36(6)48-50-38(30-59-48)23-19-20-25-41(33(3)27-31)61-49-47(58-10)46(57-9)44(55)37(7)60-49/h11-27,30,32-37,39-42,44-47,49,51-53,55H,28-29H2,1-10H3/b13-12+,14-11+,21-15-,22-16-,23-19+,24-17+,25-20-,26-18-,31-27+/t32-,33+,34-,35+,36+,37+,39+,40+,41+,42-,44+,45+,46-,47+,49+/m0/s1. The molecule has 1 fully saturated rings. The Morgan fingerprint density at radius 1 is 0.790 bits per heavy atom. The number of fused-ring (bicyclic) bond motifs is 2. The molecule has 62 heavy (non-hydrogen) atoms. The van der Waals surface area contributed by atoms with Crippen molar-refractivity contribution in [3.63, 3.8) is 0 Å². The van der Waals surface area contributed by atoms with Crippen LogP contribution in [0, 0.1) is 17.8 Å². The second-order valence-electron chi connectivity index (χ2n) is 16.2. The molecule has 0 amide bonds. The largest absolute Gasteiger partial charge is 0.458 e. The number of oxazole rings is 1. The van der Waals surface area contributed by atoms with Gasteiger partial charge in [-0.05, 0) is 33.3 Å². The number of ether oxygens (including phenoxy) is 6. The highest BCUT2D eigenvalue weighted by Crippen LogP contribution is 2.30. The number of carbonyl (C=O) groups excluding carboxylic acids is 1.